The fraction of sp³-hybridized carbons (Fsp3) is 0. The monoisotopic (exact) mass is 177 g/mol. The SMILES string of the molecule is N#Cc1csnc1-c1cnco1. The summed E-state index contributed by atoms with van der Waals surface area (Å²) in [6, 6.07) is 2.02. The normalized spacial score (nSPS) is 9.58. The molecule has 2 aromatic heterocycles. The number of aromatic nitrogens is 2. The van der Waals surface area contributed by atoms with E-state index in [9.17, 15) is 0 Å². The number of nitriles is 1. The van der Waals surface area contributed by atoms with Crippen LogP contribution in [-0.4, -0.2) is 9.36 Å². The minimum absolute atomic E-state index is 0.525. The van der Waals surface area contributed by atoms with Gasteiger partial charge in [-0.3, -0.25) is 0 Å². The number of nitrogens with zero attached hydrogens (tertiary/aromatic N) is 3. The predicted octanol–water partition coefficient (Wildman–Crippen LogP) is 1.67. The average Bonchev–Trinajstić information content (AvgIpc) is 2.74. The molecule has 58 valence electrons. The van der Waals surface area contributed by atoms with Gasteiger partial charge < -0.3 is 4.42 Å². The van der Waals surface area contributed by atoms with Crippen LogP contribution < -0.4 is 0 Å². The van der Waals surface area contributed by atoms with Crippen molar-refractivity contribution in [1.82, 2.24) is 9.36 Å². The number of hydrogen-bond donors (Lipinski definition) is 0. The van der Waals surface area contributed by atoms with Gasteiger partial charge in [-0.2, -0.15) is 9.64 Å². The van der Waals surface area contributed by atoms with Crippen LogP contribution in [0.25, 0.3) is 11.5 Å². The minimum Gasteiger partial charge on any atom is -0.442 e. The van der Waals surface area contributed by atoms with Crippen LogP contribution in [0.5, 0.6) is 0 Å². The van der Waals surface area contributed by atoms with E-state index in [0.717, 1.165) is 0 Å². The second-order valence-corrected chi connectivity index (χ2v) is 2.68. The maximum absolute atomic E-state index is 8.66. The quantitative estimate of drug-likeness (QED) is 0.664. The molecule has 0 aromatic carbocycles. The van der Waals surface area contributed by atoms with Gasteiger partial charge in [-0.25, -0.2) is 4.98 Å². The fourth-order valence-electron chi connectivity index (χ4n) is 0.826. The summed E-state index contributed by atoms with van der Waals surface area (Å²) in [5.74, 6) is 0.535. The molecule has 2 heterocycles. The van der Waals surface area contributed by atoms with E-state index >= 15 is 0 Å². The van der Waals surface area contributed by atoms with Crippen molar-refractivity contribution >= 4 is 11.5 Å². The van der Waals surface area contributed by atoms with Gasteiger partial charge in [-0.15, -0.1) is 0 Å². The van der Waals surface area contributed by atoms with Crippen LogP contribution in [0.1, 0.15) is 5.56 Å². The van der Waals surface area contributed by atoms with Crippen LogP contribution in [0, 0.1) is 11.3 Å². The molecule has 12 heavy (non-hydrogen) atoms. The third kappa shape index (κ3) is 0.984. The Labute approximate surface area is 72.3 Å². The highest BCUT2D eigenvalue weighted by atomic mass is 32.1. The molecule has 0 unspecified atom stereocenters. The van der Waals surface area contributed by atoms with E-state index in [1.807, 2.05) is 6.07 Å². The number of rotatable bonds is 1. The van der Waals surface area contributed by atoms with E-state index in [2.05, 4.69) is 9.36 Å². The summed E-state index contributed by atoms with van der Waals surface area (Å²) in [5, 5.41) is 10.3. The van der Waals surface area contributed by atoms with Crippen LogP contribution in [0.4, 0.5) is 0 Å². The molecule has 0 atom stereocenters. The van der Waals surface area contributed by atoms with Gasteiger partial charge in [0.2, 0.25) is 0 Å². The Kier molecular flexibility index (Phi) is 1.61. The molecule has 0 aliphatic heterocycles. The second-order valence-electron chi connectivity index (χ2n) is 2.05. The standard InChI is InChI=1S/C7H3N3OS/c8-1-5-3-12-10-7(5)6-2-9-4-11-6/h2-4H. The van der Waals surface area contributed by atoms with Gasteiger partial charge in [-0.05, 0) is 11.5 Å². The predicted molar refractivity (Wildman–Crippen MR) is 42.3 cm³/mol. The first kappa shape index (κ1) is 7.00. The molecule has 2 rings (SSSR count). The maximum Gasteiger partial charge on any atom is 0.181 e. The van der Waals surface area contributed by atoms with Gasteiger partial charge in [0.25, 0.3) is 0 Å². The van der Waals surface area contributed by atoms with Gasteiger partial charge in [-0.1, -0.05) is 0 Å². The first-order chi connectivity index (χ1) is 5.92. The third-order valence-electron chi connectivity index (χ3n) is 1.36. The Morgan fingerprint density at radius 3 is 3.17 bits per heavy atom. The molecule has 0 fully saturated rings. The molecule has 0 aliphatic carbocycles. The Balaban J connectivity index is 2.55. The zero-order chi connectivity index (χ0) is 8.39. The van der Waals surface area contributed by atoms with Gasteiger partial charge in [0.15, 0.2) is 12.2 Å². The molecule has 0 saturated heterocycles. The van der Waals surface area contributed by atoms with E-state index in [0.29, 0.717) is 17.0 Å². The largest absolute Gasteiger partial charge is 0.442 e. The van der Waals surface area contributed by atoms with E-state index in [1.54, 1.807) is 5.38 Å². The second kappa shape index (κ2) is 2.75. The lowest BCUT2D eigenvalue weighted by Gasteiger charge is -1.86. The molecule has 0 aliphatic rings. The molecule has 0 saturated carbocycles. The third-order valence-corrected chi connectivity index (χ3v) is 1.98. The molecule has 0 bridgehead atoms. The molecule has 4 nitrogen and oxygen atoms in total. The molecule has 2 aromatic rings. The summed E-state index contributed by atoms with van der Waals surface area (Å²) in [7, 11) is 0. The summed E-state index contributed by atoms with van der Waals surface area (Å²) in [4.78, 5) is 3.74. The topological polar surface area (TPSA) is 62.7 Å². The van der Waals surface area contributed by atoms with Crippen molar-refractivity contribution in [3.05, 3.63) is 23.5 Å². The highest BCUT2D eigenvalue weighted by Crippen LogP contribution is 2.22. The first-order valence-corrected chi connectivity index (χ1v) is 3.99. The van der Waals surface area contributed by atoms with Gasteiger partial charge >= 0.3 is 0 Å². The minimum atomic E-state index is 0.525. The van der Waals surface area contributed by atoms with Crippen LogP contribution in [0.2, 0.25) is 0 Å². The Morgan fingerprint density at radius 2 is 2.50 bits per heavy atom. The lowest BCUT2D eigenvalue weighted by Crippen LogP contribution is -1.76. The summed E-state index contributed by atoms with van der Waals surface area (Å²) < 4.78 is 9.02. The fourth-order valence-corrected chi connectivity index (χ4v) is 1.44. The lowest BCUT2D eigenvalue weighted by atomic mass is 10.2. The molecule has 0 amide bonds. The summed E-state index contributed by atoms with van der Waals surface area (Å²) in [6.07, 6.45) is 2.85. The highest BCUT2D eigenvalue weighted by Gasteiger charge is 2.10. The zero-order valence-electron chi connectivity index (χ0n) is 5.89. The van der Waals surface area contributed by atoms with Crippen molar-refractivity contribution in [2.24, 2.45) is 0 Å². The maximum atomic E-state index is 8.66. The smallest absolute Gasteiger partial charge is 0.181 e. The summed E-state index contributed by atoms with van der Waals surface area (Å²) in [6.45, 7) is 0. The van der Waals surface area contributed by atoms with Crippen LogP contribution in [0.3, 0.4) is 0 Å². The number of oxazole rings is 1. The van der Waals surface area contributed by atoms with Crippen molar-refractivity contribution in [1.29, 1.82) is 5.26 Å². The Hall–Kier alpha value is -1.67. The molecular formula is C7H3N3OS. The van der Waals surface area contributed by atoms with Crippen LogP contribution in [0.15, 0.2) is 22.4 Å². The molecular weight excluding hydrogens is 174 g/mol. The zero-order valence-corrected chi connectivity index (χ0v) is 6.71. The Morgan fingerprint density at radius 1 is 1.58 bits per heavy atom. The lowest BCUT2D eigenvalue weighted by molar-refractivity contribution is 0.570. The first-order valence-electron chi connectivity index (χ1n) is 3.15. The highest BCUT2D eigenvalue weighted by molar-refractivity contribution is 7.04. The van der Waals surface area contributed by atoms with Crippen molar-refractivity contribution in [3.8, 4) is 17.5 Å². The van der Waals surface area contributed by atoms with E-state index in [1.165, 1.54) is 24.1 Å². The van der Waals surface area contributed by atoms with Crippen molar-refractivity contribution in [2.75, 3.05) is 0 Å². The van der Waals surface area contributed by atoms with Crippen molar-refractivity contribution in [2.45, 2.75) is 0 Å². The number of hydrogen-bond acceptors (Lipinski definition) is 5. The molecule has 0 N–H and O–H groups in total. The van der Waals surface area contributed by atoms with Crippen LogP contribution in [-0.2, 0) is 0 Å². The average molecular weight is 177 g/mol. The van der Waals surface area contributed by atoms with Gasteiger partial charge in [0.05, 0.1) is 11.8 Å². The molecule has 0 radical (unpaired) electrons. The van der Waals surface area contributed by atoms with Gasteiger partial charge in [0, 0.05) is 5.38 Å². The molecule has 0 spiro atoms. The van der Waals surface area contributed by atoms with E-state index in [4.69, 9.17) is 9.68 Å². The van der Waals surface area contributed by atoms with Gasteiger partial charge in [0.1, 0.15) is 11.8 Å². The van der Waals surface area contributed by atoms with Crippen LogP contribution >= 0.6 is 11.5 Å². The summed E-state index contributed by atoms with van der Waals surface area (Å²) >= 11 is 1.23. The van der Waals surface area contributed by atoms with Crippen molar-refractivity contribution < 1.29 is 4.42 Å². The van der Waals surface area contributed by atoms with E-state index in [-0.39, 0.29) is 0 Å². The summed E-state index contributed by atoms with van der Waals surface area (Å²) in [5.41, 5.74) is 1.09. The van der Waals surface area contributed by atoms with Crippen molar-refractivity contribution in [3.63, 3.8) is 0 Å². The molecule has 5 heteroatoms. The Bertz CT molecular complexity index is 412. The van der Waals surface area contributed by atoms with E-state index < -0.39 is 0 Å².